The number of nitrogens with one attached hydrogen (secondary N) is 2. The highest BCUT2D eigenvalue weighted by molar-refractivity contribution is 6.05. The normalized spacial score (nSPS) is 10.8. The molecule has 0 spiro atoms. The van der Waals surface area contributed by atoms with Crippen molar-refractivity contribution in [3.05, 3.63) is 72.3 Å². The fraction of sp³-hybridized carbons (Fsp3) is 0.0909. The van der Waals surface area contributed by atoms with Gasteiger partial charge in [0.15, 0.2) is 0 Å². The predicted octanol–water partition coefficient (Wildman–Crippen LogP) is 4.13. The summed E-state index contributed by atoms with van der Waals surface area (Å²) < 4.78 is 0. The molecule has 0 fully saturated rings. The van der Waals surface area contributed by atoms with Crippen LogP contribution >= 0.6 is 0 Å². The van der Waals surface area contributed by atoms with Crippen molar-refractivity contribution in [1.29, 1.82) is 0 Å². The summed E-state index contributed by atoms with van der Waals surface area (Å²) in [5.41, 5.74) is 11.5. The first-order chi connectivity index (χ1) is 13.5. The monoisotopic (exact) mass is 371 g/mol. The standard InChI is InChI=1S/C22H21N5O/c1-27(2)18-10-5-15(6-11-18)22(28)24-17-9-12-19-20(13-17)26-21(25-19)14-3-7-16(23)8-4-14/h3-13H,23H2,1-2H3,(H,24,28)(H,25,26). The summed E-state index contributed by atoms with van der Waals surface area (Å²) >= 11 is 0. The third-order valence-electron chi connectivity index (χ3n) is 4.57. The molecule has 0 aliphatic rings. The average molecular weight is 371 g/mol. The Morgan fingerprint density at radius 1 is 1.00 bits per heavy atom. The van der Waals surface area contributed by atoms with Gasteiger partial charge in [0.25, 0.3) is 5.91 Å². The van der Waals surface area contributed by atoms with Crippen molar-refractivity contribution in [3.63, 3.8) is 0 Å². The van der Waals surface area contributed by atoms with Gasteiger partial charge in [-0.2, -0.15) is 0 Å². The van der Waals surface area contributed by atoms with Gasteiger partial charge in [-0.1, -0.05) is 0 Å². The first-order valence-electron chi connectivity index (χ1n) is 8.94. The van der Waals surface area contributed by atoms with Crippen LogP contribution in [0.1, 0.15) is 10.4 Å². The Kier molecular flexibility index (Phi) is 4.45. The molecule has 0 unspecified atom stereocenters. The minimum absolute atomic E-state index is 0.150. The SMILES string of the molecule is CN(C)c1ccc(C(=O)Nc2ccc3nc(-c4ccc(N)cc4)[nH]c3c2)cc1. The molecule has 140 valence electrons. The number of aromatic amines is 1. The van der Waals surface area contributed by atoms with Crippen molar-refractivity contribution in [2.24, 2.45) is 0 Å². The topological polar surface area (TPSA) is 87.0 Å². The van der Waals surface area contributed by atoms with Gasteiger partial charge in [-0.05, 0) is 66.7 Å². The molecule has 4 rings (SSSR count). The highest BCUT2D eigenvalue weighted by Gasteiger charge is 2.09. The maximum absolute atomic E-state index is 12.5. The van der Waals surface area contributed by atoms with E-state index in [9.17, 15) is 4.79 Å². The van der Waals surface area contributed by atoms with Crippen LogP contribution in [-0.2, 0) is 0 Å². The summed E-state index contributed by atoms with van der Waals surface area (Å²) in [5, 5.41) is 2.94. The number of hydrogen-bond acceptors (Lipinski definition) is 4. The number of nitrogen functional groups attached to an aromatic ring is 1. The lowest BCUT2D eigenvalue weighted by Crippen LogP contribution is -2.13. The van der Waals surface area contributed by atoms with E-state index >= 15 is 0 Å². The highest BCUT2D eigenvalue weighted by Crippen LogP contribution is 2.24. The third-order valence-corrected chi connectivity index (χ3v) is 4.57. The van der Waals surface area contributed by atoms with E-state index in [0.29, 0.717) is 16.9 Å². The van der Waals surface area contributed by atoms with E-state index in [1.165, 1.54) is 0 Å². The summed E-state index contributed by atoms with van der Waals surface area (Å²) in [6.45, 7) is 0. The van der Waals surface area contributed by atoms with E-state index < -0.39 is 0 Å². The van der Waals surface area contributed by atoms with E-state index in [4.69, 9.17) is 5.73 Å². The van der Waals surface area contributed by atoms with Crippen LogP contribution < -0.4 is 16.0 Å². The lowest BCUT2D eigenvalue weighted by Gasteiger charge is -2.12. The number of nitrogens with two attached hydrogens (primary N) is 1. The molecule has 6 heteroatoms. The Hall–Kier alpha value is -3.80. The lowest BCUT2D eigenvalue weighted by molar-refractivity contribution is 0.102. The largest absolute Gasteiger partial charge is 0.399 e. The van der Waals surface area contributed by atoms with E-state index in [-0.39, 0.29) is 5.91 Å². The van der Waals surface area contributed by atoms with E-state index in [1.807, 2.05) is 85.7 Å². The van der Waals surface area contributed by atoms with Crippen molar-refractivity contribution in [1.82, 2.24) is 9.97 Å². The molecule has 3 aromatic carbocycles. The van der Waals surface area contributed by atoms with Gasteiger partial charge < -0.3 is 20.9 Å². The Bertz CT molecular complexity index is 1130. The maximum atomic E-state index is 12.5. The van der Waals surface area contributed by atoms with Crippen LogP contribution in [0.25, 0.3) is 22.4 Å². The second-order valence-electron chi connectivity index (χ2n) is 6.83. The minimum atomic E-state index is -0.150. The number of aromatic nitrogens is 2. The molecule has 0 atom stereocenters. The fourth-order valence-corrected chi connectivity index (χ4v) is 2.98. The number of carbonyl (C=O) groups excluding carboxylic acids is 1. The van der Waals surface area contributed by atoms with E-state index in [2.05, 4.69) is 15.3 Å². The molecule has 0 aliphatic heterocycles. The Morgan fingerprint density at radius 2 is 1.71 bits per heavy atom. The zero-order chi connectivity index (χ0) is 19.7. The number of anilines is 3. The number of H-pyrrole nitrogens is 1. The third kappa shape index (κ3) is 3.53. The fourth-order valence-electron chi connectivity index (χ4n) is 2.98. The van der Waals surface area contributed by atoms with Crippen molar-refractivity contribution < 1.29 is 4.79 Å². The number of hydrogen-bond donors (Lipinski definition) is 3. The van der Waals surface area contributed by atoms with Crippen LogP contribution in [0.5, 0.6) is 0 Å². The number of nitrogens with zero attached hydrogens (tertiary/aromatic N) is 2. The molecule has 4 aromatic rings. The van der Waals surface area contributed by atoms with Gasteiger partial charge in [-0.15, -0.1) is 0 Å². The van der Waals surface area contributed by atoms with Crippen LogP contribution in [0.2, 0.25) is 0 Å². The summed E-state index contributed by atoms with van der Waals surface area (Å²) in [6, 6.07) is 20.6. The molecule has 28 heavy (non-hydrogen) atoms. The molecule has 0 bridgehead atoms. The zero-order valence-corrected chi connectivity index (χ0v) is 15.7. The lowest BCUT2D eigenvalue weighted by atomic mass is 10.2. The van der Waals surface area contributed by atoms with Crippen molar-refractivity contribution in [2.75, 3.05) is 30.0 Å². The van der Waals surface area contributed by atoms with Gasteiger partial charge in [0, 0.05) is 42.3 Å². The Balaban J connectivity index is 1.55. The van der Waals surface area contributed by atoms with Gasteiger partial charge in [-0.3, -0.25) is 4.79 Å². The summed E-state index contributed by atoms with van der Waals surface area (Å²) in [6.07, 6.45) is 0. The molecule has 4 N–H and O–H groups in total. The Morgan fingerprint density at radius 3 is 2.39 bits per heavy atom. The van der Waals surface area contributed by atoms with Crippen LogP contribution in [-0.4, -0.2) is 30.0 Å². The number of rotatable bonds is 4. The first-order valence-corrected chi connectivity index (χ1v) is 8.94. The summed E-state index contributed by atoms with van der Waals surface area (Å²) in [4.78, 5) is 22.4. The Labute approximate surface area is 163 Å². The highest BCUT2D eigenvalue weighted by atomic mass is 16.1. The predicted molar refractivity (Wildman–Crippen MR) is 115 cm³/mol. The molecular weight excluding hydrogens is 350 g/mol. The van der Waals surface area contributed by atoms with Gasteiger partial charge in [0.1, 0.15) is 5.82 Å². The molecule has 0 aliphatic carbocycles. The molecular formula is C22H21N5O. The molecule has 0 saturated carbocycles. The summed E-state index contributed by atoms with van der Waals surface area (Å²) in [7, 11) is 3.93. The molecule has 0 saturated heterocycles. The molecule has 1 heterocycles. The maximum Gasteiger partial charge on any atom is 0.255 e. The van der Waals surface area contributed by atoms with Gasteiger partial charge in [0.05, 0.1) is 11.0 Å². The minimum Gasteiger partial charge on any atom is -0.399 e. The number of amides is 1. The van der Waals surface area contributed by atoms with Gasteiger partial charge in [0.2, 0.25) is 0 Å². The quantitative estimate of drug-likeness (QED) is 0.471. The second-order valence-corrected chi connectivity index (χ2v) is 6.83. The first kappa shape index (κ1) is 17.6. The van der Waals surface area contributed by atoms with Crippen LogP contribution in [0.3, 0.4) is 0 Å². The van der Waals surface area contributed by atoms with Crippen LogP contribution in [0.4, 0.5) is 17.1 Å². The number of fused-ring (bicyclic) bond motifs is 1. The van der Waals surface area contributed by atoms with Crippen LogP contribution in [0, 0.1) is 0 Å². The molecule has 0 radical (unpaired) electrons. The van der Waals surface area contributed by atoms with Crippen molar-refractivity contribution >= 4 is 34.0 Å². The van der Waals surface area contributed by atoms with Gasteiger partial charge >= 0.3 is 0 Å². The van der Waals surface area contributed by atoms with E-state index in [1.54, 1.807) is 0 Å². The molecule has 1 amide bonds. The van der Waals surface area contributed by atoms with E-state index in [0.717, 1.165) is 28.1 Å². The van der Waals surface area contributed by atoms with Crippen molar-refractivity contribution in [3.8, 4) is 11.4 Å². The summed E-state index contributed by atoms with van der Waals surface area (Å²) in [5.74, 6) is 0.612. The average Bonchev–Trinajstić information content (AvgIpc) is 3.12. The smallest absolute Gasteiger partial charge is 0.255 e. The van der Waals surface area contributed by atoms with Crippen LogP contribution in [0.15, 0.2) is 66.7 Å². The molecule has 1 aromatic heterocycles. The number of imidazole rings is 1. The second kappa shape index (κ2) is 7.08. The zero-order valence-electron chi connectivity index (χ0n) is 15.7. The van der Waals surface area contributed by atoms with Gasteiger partial charge in [-0.25, -0.2) is 4.98 Å². The number of carbonyl (C=O) groups is 1. The molecule has 6 nitrogen and oxygen atoms in total. The van der Waals surface area contributed by atoms with Crippen molar-refractivity contribution in [2.45, 2.75) is 0 Å². The number of benzene rings is 3.